The van der Waals surface area contributed by atoms with E-state index in [1.165, 1.54) is 24.0 Å². The normalized spacial score (nSPS) is 19.3. The van der Waals surface area contributed by atoms with Crippen LogP contribution in [0.5, 0.6) is 0 Å². The standard InChI is InChI=1S/C19H31N3O/c1-13-7-6-8-15(14(13)2)18-16(20)9-10-17(22-18)19(3,4)21-11-12-23-5/h9-10,13,21H,6-8,11-12,20H2,1-5H3. The van der Waals surface area contributed by atoms with Crippen LogP contribution in [-0.4, -0.2) is 25.2 Å². The van der Waals surface area contributed by atoms with Crippen molar-refractivity contribution in [2.45, 2.75) is 52.5 Å². The second-order valence-electron chi connectivity index (χ2n) is 7.13. The van der Waals surface area contributed by atoms with Crippen LogP contribution in [0.4, 0.5) is 5.69 Å². The maximum absolute atomic E-state index is 6.26. The van der Waals surface area contributed by atoms with Crippen LogP contribution in [0.1, 0.15) is 58.3 Å². The molecule has 0 bridgehead atoms. The number of allylic oxidation sites excluding steroid dienone is 2. The molecule has 1 atom stereocenters. The van der Waals surface area contributed by atoms with Crippen LogP contribution in [0, 0.1) is 5.92 Å². The predicted molar refractivity (Wildman–Crippen MR) is 97.2 cm³/mol. The fraction of sp³-hybridized carbons (Fsp3) is 0.632. The Hall–Kier alpha value is -1.39. The van der Waals surface area contributed by atoms with Gasteiger partial charge in [-0.05, 0) is 63.7 Å². The number of nitrogens with zero attached hydrogens (tertiary/aromatic N) is 1. The number of hydrogen-bond acceptors (Lipinski definition) is 4. The molecule has 0 amide bonds. The number of nitrogens with one attached hydrogen (secondary N) is 1. The van der Waals surface area contributed by atoms with E-state index in [0.717, 1.165) is 30.0 Å². The molecule has 23 heavy (non-hydrogen) atoms. The second kappa shape index (κ2) is 7.45. The van der Waals surface area contributed by atoms with Crippen LogP contribution in [0.3, 0.4) is 0 Å². The van der Waals surface area contributed by atoms with Gasteiger partial charge >= 0.3 is 0 Å². The van der Waals surface area contributed by atoms with Gasteiger partial charge < -0.3 is 15.8 Å². The highest BCUT2D eigenvalue weighted by molar-refractivity contribution is 5.75. The molecular formula is C19H31N3O. The third-order valence-corrected chi connectivity index (χ3v) is 5.00. The number of methoxy groups -OCH3 is 1. The molecule has 4 heteroatoms. The summed E-state index contributed by atoms with van der Waals surface area (Å²) in [5.74, 6) is 0.622. The molecule has 1 unspecified atom stereocenters. The zero-order valence-corrected chi connectivity index (χ0v) is 15.2. The van der Waals surface area contributed by atoms with Gasteiger partial charge in [-0.25, -0.2) is 4.98 Å². The fourth-order valence-electron chi connectivity index (χ4n) is 3.22. The summed E-state index contributed by atoms with van der Waals surface area (Å²) < 4.78 is 5.13. The van der Waals surface area contributed by atoms with Crippen molar-refractivity contribution in [3.63, 3.8) is 0 Å². The average Bonchev–Trinajstić information content (AvgIpc) is 2.51. The third-order valence-electron chi connectivity index (χ3n) is 5.00. The van der Waals surface area contributed by atoms with Crippen LogP contribution >= 0.6 is 0 Å². The Morgan fingerprint density at radius 1 is 1.39 bits per heavy atom. The molecule has 1 aromatic rings. The molecule has 0 saturated heterocycles. The minimum atomic E-state index is -0.213. The molecule has 0 fully saturated rings. The van der Waals surface area contributed by atoms with Crippen molar-refractivity contribution in [3.8, 4) is 0 Å². The van der Waals surface area contributed by atoms with Crippen LogP contribution < -0.4 is 11.1 Å². The summed E-state index contributed by atoms with van der Waals surface area (Å²) in [6.45, 7) is 10.3. The molecule has 0 aromatic carbocycles. The lowest BCUT2D eigenvalue weighted by Gasteiger charge is -2.28. The van der Waals surface area contributed by atoms with E-state index in [-0.39, 0.29) is 5.54 Å². The monoisotopic (exact) mass is 317 g/mol. The largest absolute Gasteiger partial charge is 0.397 e. The molecule has 0 radical (unpaired) electrons. The number of rotatable bonds is 6. The Morgan fingerprint density at radius 2 is 2.13 bits per heavy atom. The van der Waals surface area contributed by atoms with Crippen LogP contribution in [0.15, 0.2) is 17.7 Å². The number of aromatic nitrogens is 1. The van der Waals surface area contributed by atoms with Gasteiger partial charge in [-0.15, -0.1) is 0 Å². The lowest BCUT2D eigenvalue weighted by molar-refractivity contribution is 0.188. The Bertz CT molecular complexity index is 578. The van der Waals surface area contributed by atoms with Crippen molar-refractivity contribution in [2.24, 2.45) is 5.92 Å². The van der Waals surface area contributed by atoms with Gasteiger partial charge in [0.2, 0.25) is 0 Å². The van der Waals surface area contributed by atoms with E-state index in [1.807, 2.05) is 12.1 Å². The molecular weight excluding hydrogens is 286 g/mol. The Kier molecular flexibility index (Phi) is 5.82. The topological polar surface area (TPSA) is 60.2 Å². The van der Waals surface area contributed by atoms with Crippen molar-refractivity contribution in [1.29, 1.82) is 0 Å². The van der Waals surface area contributed by atoms with E-state index in [0.29, 0.717) is 12.5 Å². The number of anilines is 1. The van der Waals surface area contributed by atoms with E-state index < -0.39 is 0 Å². The van der Waals surface area contributed by atoms with E-state index in [9.17, 15) is 0 Å². The Labute approximate surface area is 140 Å². The maximum Gasteiger partial charge on any atom is 0.0894 e. The number of nitrogens with two attached hydrogens (primary N) is 1. The SMILES string of the molecule is COCCNC(C)(C)c1ccc(N)c(C2=C(C)C(C)CCC2)n1. The zero-order valence-electron chi connectivity index (χ0n) is 15.2. The summed E-state index contributed by atoms with van der Waals surface area (Å²) in [5.41, 5.74) is 11.6. The van der Waals surface area contributed by atoms with Crippen LogP contribution in [0.25, 0.3) is 5.57 Å². The minimum absolute atomic E-state index is 0.213. The molecule has 0 saturated carbocycles. The Morgan fingerprint density at radius 3 is 2.83 bits per heavy atom. The molecule has 1 heterocycles. The molecule has 0 aliphatic heterocycles. The van der Waals surface area contributed by atoms with Crippen LogP contribution in [-0.2, 0) is 10.3 Å². The van der Waals surface area contributed by atoms with Crippen molar-refractivity contribution in [3.05, 3.63) is 29.1 Å². The van der Waals surface area contributed by atoms with Crippen molar-refractivity contribution in [1.82, 2.24) is 10.3 Å². The summed E-state index contributed by atoms with van der Waals surface area (Å²) in [7, 11) is 1.72. The minimum Gasteiger partial charge on any atom is -0.397 e. The number of ether oxygens (including phenoxy) is 1. The highest BCUT2D eigenvalue weighted by Crippen LogP contribution is 2.37. The highest BCUT2D eigenvalue weighted by Gasteiger charge is 2.25. The second-order valence-corrected chi connectivity index (χ2v) is 7.13. The summed E-state index contributed by atoms with van der Waals surface area (Å²) in [5, 5.41) is 3.50. The molecule has 4 nitrogen and oxygen atoms in total. The average molecular weight is 317 g/mol. The summed E-state index contributed by atoms with van der Waals surface area (Å²) >= 11 is 0. The summed E-state index contributed by atoms with van der Waals surface area (Å²) in [6.07, 6.45) is 3.56. The first-order valence-electron chi connectivity index (χ1n) is 8.57. The zero-order chi connectivity index (χ0) is 17.0. The third kappa shape index (κ3) is 4.12. The molecule has 1 aromatic heterocycles. The molecule has 2 rings (SSSR count). The highest BCUT2D eigenvalue weighted by atomic mass is 16.5. The predicted octanol–water partition coefficient (Wildman–Crippen LogP) is 3.73. The number of hydrogen-bond donors (Lipinski definition) is 2. The number of pyridine rings is 1. The summed E-state index contributed by atoms with van der Waals surface area (Å²) in [6, 6.07) is 4.03. The van der Waals surface area contributed by atoms with Crippen molar-refractivity contribution >= 4 is 11.3 Å². The first-order chi connectivity index (χ1) is 10.9. The summed E-state index contributed by atoms with van der Waals surface area (Å²) in [4.78, 5) is 4.95. The van der Waals surface area contributed by atoms with Crippen molar-refractivity contribution in [2.75, 3.05) is 26.0 Å². The first-order valence-corrected chi connectivity index (χ1v) is 8.57. The van der Waals surface area contributed by atoms with E-state index >= 15 is 0 Å². The molecule has 0 spiro atoms. The maximum atomic E-state index is 6.26. The quantitative estimate of drug-likeness (QED) is 0.785. The lowest BCUT2D eigenvalue weighted by Crippen LogP contribution is -2.39. The Balaban J connectivity index is 2.34. The molecule has 3 N–H and O–H groups in total. The van der Waals surface area contributed by atoms with E-state index in [1.54, 1.807) is 7.11 Å². The van der Waals surface area contributed by atoms with Gasteiger partial charge in [0.15, 0.2) is 0 Å². The van der Waals surface area contributed by atoms with Gasteiger partial charge in [-0.2, -0.15) is 0 Å². The number of nitrogen functional groups attached to an aromatic ring is 1. The fourth-order valence-corrected chi connectivity index (χ4v) is 3.22. The smallest absolute Gasteiger partial charge is 0.0894 e. The van der Waals surface area contributed by atoms with E-state index in [2.05, 4.69) is 33.0 Å². The van der Waals surface area contributed by atoms with Gasteiger partial charge in [0, 0.05) is 13.7 Å². The lowest BCUT2D eigenvalue weighted by atomic mass is 9.83. The van der Waals surface area contributed by atoms with Crippen molar-refractivity contribution < 1.29 is 4.74 Å². The molecule has 1 aliphatic carbocycles. The molecule has 1 aliphatic rings. The van der Waals surface area contributed by atoms with Gasteiger partial charge in [-0.3, -0.25) is 0 Å². The first kappa shape index (κ1) is 18.0. The molecule has 128 valence electrons. The van der Waals surface area contributed by atoms with Gasteiger partial charge in [-0.1, -0.05) is 12.5 Å². The van der Waals surface area contributed by atoms with Gasteiger partial charge in [0.05, 0.1) is 29.2 Å². The van der Waals surface area contributed by atoms with E-state index in [4.69, 9.17) is 15.5 Å². The van der Waals surface area contributed by atoms with Gasteiger partial charge in [0.1, 0.15) is 0 Å². The van der Waals surface area contributed by atoms with Crippen LogP contribution in [0.2, 0.25) is 0 Å². The van der Waals surface area contributed by atoms with Gasteiger partial charge in [0.25, 0.3) is 0 Å².